The molecule has 5 heteroatoms. The van der Waals surface area contributed by atoms with Crippen LogP contribution >= 0.6 is 0 Å². The van der Waals surface area contributed by atoms with Gasteiger partial charge in [0.1, 0.15) is 5.76 Å². The minimum atomic E-state index is 0.0802. The Hall–Kier alpha value is -1.69. The van der Waals surface area contributed by atoms with Crippen LogP contribution in [0, 0.1) is 13.8 Å². The molecule has 0 radical (unpaired) electrons. The fourth-order valence-electron chi connectivity index (χ4n) is 4.74. The van der Waals surface area contributed by atoms with Crippen LogP contribution in [-0.2, 0) is 16.7 Å². The van der Waals surface area contributed by atoms with Gasteiger partial charge in [-0.25, -0.2) is 0 Å². The van der Waals surface area contributed by atoms with E-state index in [0.29, 0.717) is 6.61 Å². The largest absolute Gasteiger partial charge is 0.394 e. The minimum absolute atomic E-state index is 0.0802. The van der Waals surface area contributed by atoms with Crippen LogP contribution in [0.4, 0.5) is 0 Å². The van der Waals surface area contributed by atoms with Crippen molar-refractivity contribution in [3.05, 3.63) is 52.4 Å². The van der Waals surface area contributed by atoms with Crippen molar-refractivity contribution in [3.8, 4) is 0 Å². The van der Waals surface area contributed by atoms with Crippen LogP contribution in [0.1, 0.15) is 53.5 Å². The summed E-state index contributed by atoms with van der Waals surface area (Å²) in [5, 5.41) is 13.2. The molecule has 1 aromatic heterocycles. The zero-order chi connectivity index (χ0) is 18.1. The second kappa shape index (κ2) is 7.14. The number of fused-ring (bicyclic) bond motifs is 2. The standard InChI is InChI=1S/C21H28N2O3/c1-15-18(16(2)26-22-15)14-23-9-7-21(8-10-23)13-20(25-12-11-24)17-5-3-4-6-19(17)21/h3-6,20,24H,7-14H2,1-2H3/t20-/m0/s1. The van der Waals surface area contributed by atoms with Crippen LogP contribution in [0.5, 0.6) is 0 Å². The summed E-state index contributed by atoms with van der Waals surface area (Å²) in [4.78, 5) is 2.52. The summed E-state index contributed by atoms with van der Waals surface area (Å²) >= 11 is 0. The second-order valence-corrected chi connectivity index (χ2v) is 7.73. The van der Waals surface area contributed by atoms with Crippen LogP contribution in [0.15, 0.2) is 28.8 Å². The van der Waals surface area contributed by atoms with Gasteiger partial charge in [0, 0.05) is 17.5 Å². The van der Waals surface area contributed by atoms with Gasteiger partial charge < -0.3 is 14.4 Å². The molecule has 2 heterocycles. The summed E-state index contributed by atoms with van der Waals surface area (Å²) in [5.41, 5.74) is 5.23. The number of piperidine rings is 1. The van der Waals surface area contributed by atoms with Crippen molar-refractivity contribution in [2.24, 2.45) is 0 Å². The Bertz CT molecular complexity index is 743. The highest BCUT2D eigenvalue weighted by Gasteiger charge is 2.45. The summed E-state index contributed by atoms with van der Waals surface area (Å²) in [6.45, 7) is 7.58. The first kappa shape index (κ1) is 17.7. The van der Waals surface area contributed by atoms with E-state index in [4.69, 9.17) is 14.4 Å². The summed E-state index contributed by atoms with van der Waals surface area (Å²) < 4.78 is 11.3. The van der Waals surface area contributed by atoms with Gasteiger partial charge in [-0.05, 0) is 57.3 Å². The Kier molecular flexibility index (Phi) is 4.86. The predicted octanol–water partition coefficient (Wildman–Crippen LogP) is 3.28. The first-order valence-electron chi connectivity index (χ1n) is 9.59. The smallest absolute Gasteiger partial charge is 0.138 e. The molecule has 1 atom stereocenters. The minimum Gasteiger partial charge on any atom is -0.394 e. The molecule has 1 aliphatic carbocycles. The molecule has 26 heavy (non-hydrogen) atoms. The number of nitrogens with zero attached hydrogens (tertiary/aromatic N) is 2. The molecule has 0 unspecified atom stereocenters. The number of ether oxygens (including phenoxy) is 1. The Balaban J connectivity index is 1.48. The topological polar surface area (TPSA) is 58.7 Å². The number of aromatic nitrogens is 1. The molecule has 5 nitrogen and oxygen atoms in total. The van der Waals surface area contributed by atoms with Crippen molar-refractivity contribution in [1.82, 2.24) is 10.1 Å². The third kappa shape index (κ3) is 3.08. The molecule has 4 rings (SSSR count). The van der Waals surface area contributed by atoms with Crippen LogP contribution in [0.2, 0.25) is 0 Å². The molecule has 2 aliphatic rings. The maximum Gasteiger partial charge on any atom is 0.138 e. The Morgan fingerprint density at radius 2 is 2.04 bits per heavy atom. The quantitative estimate of drug-likeness (QED) is 0.891. The maximum absolute atomic E-state index is 9.13. The van der Waals surface area contributed by atoms with Crippen LogP contribution in [-0.4, -0.2) is 41.5 Å². The van der Waals surface area contributed by atoms with Gasteiger partial charge in [-0.2, -0.15) is 0 Å². The lowest BCUT2D eigenvalue weighted by atomic mass is 9.73. The fraction of sp³-hybridized carbons (Fsp3) is 0.571. The van der Waals surface area contributed by atoms with E-state index in [9.17, 15) is 0 Å². The fourth-order valence-corrected chi connectivity index (χ4v) is 4.74. The van der Waals surface area contributed by atoms with Gasteiger partial charge in [0.25, 0.3) is 0 Å². The van der Waals surface area contributed by atoms with Gasteiger partial charge in [-0.3, -0.25) is 4.90 Å². The van der Waals surface area contributed by atoms with Gasteiger partial charge in [0.05, 0.1) is 25.0 Å². The number of hydrogen-bond donors (Lipinski definition) is 1. The van der Waals surface area contributed by atoms with E-state index in [0.717, 1.165) is 50.4 Å². The zero-order valence-electron chi connectivity index (χ0n) is 15.7. The van der Waals surface area contributed by atoms with Gasteiger partial charge in [0.2, 0.25) is 0 Å². The van der Waals surface area contributed by atoms with Crippen molar-refractivity contribution in [3.63, 3.8) is 0 Å². The monoisotopic (exact) mass is 356 g/mol. The first-order valence-corrected chi connectivity index (χ1v) is 9.59. The molecule has 1 saturated heterocycles. The molecule has 1 N–H and O–H groups in total. The highest BCUT2D eigenvalue weighted by molar-refractivity contribution is 5.42. The molecule has 140 valence electrons. The molecule has 0 amide bonds. The average Bonchev–Trinajstić information content (AvgIpc) is 3.14. The number of aryl methyl sites for hydroxylation is 2. The molecule has 0 saturated carbocycles. The summed E-state index contributed by atoms with van der Waals surface area (Å²) in [6.07, 6.45) is 3.44. The van der Waals surface area contributed by atoms with Crippen molar-refractivity contribution in [1.29, 1.82) is 0 Å². The second-order valence-electron chi connectivity index (χ2n) is 7.73. The summed E-state index contributed by atoms with van der Waals surface area (Å²) in [5.74, 6) is 0.937. The predicted molar refractivity (Wildman–Crippen MR) is 99.0 cm³/mol. The normalized spacial score (nSPS) is 22.0. The van der Waals surface area contributed by atoms with Crippen molar-refractivity contribution >= 4 is 0 Å². The van der Waals surface area contributed by atoms with Crippen LogP contribution in [0.25, 0.3) is 0 Å². The lowest BCUT2D eigenvalue weighted by molar-refractivity contribution is 0.0128. The number of benzene rings is 1. The van der Waals surface area contributed by atoms with Crippen LogP contribution < -0.4 is 0 Å². The maximum atomic E-state index is 9.13. The molecule has 0 bridgehead atoms. The number of aliphatic hydroxyl groups excluding tert-OH is 1. The van der Waals surface area contributed by atoms with E-state index >= 15 is 0 Å². The first-order chi connectivity index (χ1) is 12.6. The highest BCUT2D eigenvalue weighted by atomic mass is 16.5. The van der Waals surface area contributed by atoms with Crippen molar-refractivity contribution in [2.75, 3.05) is 26.3 Å². The Morgan fingerprint density at radius 1 is 1.27 bits per heavy atom. The molecular formula is C21H28N2O3. The number of rotatable bonds is 5. The summed E-state index contributed by atoms with van der Waals surface area (Å²) in [7, 11) is 0. The third-order valence-corrected chi connectivity index (χ3v) is 6.24. The van der Waals surface area contributed by atoms with Crippen molar-refractivity contribution < 1.29 is 14.4 Å². The lowest BCUT2D eigenvalue weighted by Gasteiger charge is -2.40. The molecular weight excluding hydrogens is 328 g/mol. The number of aliphatic hydroxyl groups is 1. The van der Waals surface area contributed by atoms with E-state index < -0.39 is 0 Å². The van der Waals surface area contributed by atoms with E-state index in [1.807, 2.05) is 13.8 Å². The number of likely N-dealkylation sites (tertiary alicyclic amines) is 1. The summed E-state index contributed by atoms with van der Waals surface area (Å²) in [6, 6.07) is 8.72. The van der Waals surface area contributed by atoms with Crippen molar-refractivity contribution in [2.45, 2.75) is 51.2 Å². The average molecular weight is 356 g/mol. The highest BCUT2D eigenvalue weighted by Crippen LogP contribution is 2.52. The van der Waals surface area contributed by atoms with Gasteiger partial charge >= 0.3 is 0 Å². The molecule has 1 fully saturated rings. The van der Waals surface area contributed by atoms with Crippen LogP contribution in [0.3, 0.4) is 0 Å². The number of hydrogen-bond acceptors (Lipinski definition) is 5. The third-order valence-electron chi connectivity index (χ3n) is 6.24. The molecule has 1 aromatic carbocycles. The zero-order valence-corrected chi connectivity index (χ0v) is 15.7. The molecule has 1 aliphatic heterocycles. The van der Waals surface area contributed by atoms with Gasteiger partial charge in [0.15, 0.2) is 0 Å². The van der Waals surface area contributed by atoms with E-state index in [1.54, 1.807) is 0 Å². The SMILES string of the molecule is Cc1noc(C)c1CN1CCC2(CC1)C[C@H](OCCO)c1ccccc12. The van der Waals surface area contributed by atoms with E-state index in [1.165, 1.54) is 16.7 Å². The molecule has 1 spiro atoms. The van der Waals surface area contributed by atoms with Gasteiger partial charge in [-0.15, -0.1) is 0 Å². The Labute approximate surface area is 154 Å². The van der Waals surface area contributed by atoms with E-state index in [2.05, 4.69) is 34.3 Å². The lowest BCUT2D eigenvalue weighted by Crippen LogP contribution is -2.41. The Morgan fingerprint density at radius 3 is 2.73 bits per heavy atom. The van der Waals surface area contributed by atoms with E-state index in [-0.39, 0.29) is 18.1 Å². The molecule has 2 aromatic rings. The van der Waals surface area contributed by atoms with Gasteiger partial charge in [-0.1, -0.05) is 29.4 Å².